The Balaban J connectivity index is 1.52. The zero-order valence-electron chi connectivity index (χ0n) is 17.7. The molecular weight excluding hydrogens is 416 g/mol. The minimum absolute atomic E-state index is 0.0914. The Labute approximate surface area is 184 Å². The summed E-state index contributed by atoms with van der Waals surface area (Å²) in [5.74, 6) is -1.57. The Kier molecular flexibility index (Phi) is 5.96. The molecule has 1 aliphatic rings. The van der Waals surface area contributed by atoms with E-state index in [2.05, 4.69) is 23.2 Å². The van der Waals surface area contributed by atoms with Crippen molar-refractivity contribution < 1.29 is 13.6 Å². The second kappa shape index (κ2) is 8.67. The van der Waals surface area contributed by atoms with Gasteiger partial charge >= 0.3 is 0 Å². The maximum Gasteiger partial charge on any atom is 0.273 e. The van der Waals surface area contributed by atoms with E-state index in [1.807, 2.05) is 20.8 Å². The summed E-state index contributed by atoms with van der Waals surface area (Å²) in [6.07, 6.45) is 1.18. The van der Waals surface area contributed by atoms with Gasteiger partial charge in [-0.05, 0) is 50.1 Å². The number of carbonyl (C=O) groups excluding carboxylic acids is 1. The van der Waals surface area contributed by atoms with Crippen LogP contribution in [-0.2, 0) is 19.4 Å². The van der Waals surface area contributed by atoms with Crippen LogP contribution in [0.15, 0.2) is 41.4 Å². The molecule has 0 radical (unpaired) electrons. The lowest BCUT2D eigenvalue weighted by molar-refractivity contribution is 0.0719. The summed E-state index contributed by atoms with van der Waals surface area (Å²) in [5, 5.41) is 0.823. The molecule has 0 fully saturated rings. The lowest BCUT2D eigenvalue weighted by Gasteiger charge is -2.26. The normalized spacial score (nSPS) is 14.2. The first-order valence-corrected chi connectivity index (χ1v) is 11.0. The molecule has 2 heterocycles. The van der Waals surface area contributed by atoms with Crippen molar-refractivity contribution in [3.63, 3.8) is 0 Å². The van der Waals surface area contributed by atoms with E-state index in [1.165, 1.54) is 34.4 Å². The van der Waals surface area contributed by atoms with Gasteiger partial charge in [-0.25, -0.2) is 13.8 Å². The second-order valence-corrected chi connectivity index (χ2v) is 9.04. The molecule has 0 spiro atoms. The number of hydrogen-bond donors (Lipinski definition) is 0. The van der Waals surface area contributed by atoms with Gasteiger partial charge in [0.1, 0.15) is 17.3 Å². The number of aryl methyl sites for hydroxylation is 2. The summed E-state index contributed by atoms with van der Waals surface area (Å²) >= 11 is 1.51. The zero-order valence-corrected chi connectivity index (χ0v) is 18.5. The lowest BCUT2D eigenvalue weighted by Crippen LogP contribution is -2.37. The van der Waals surface area contributed by atoms with Crippen molar-refractivity contribution in [2.45, 2.75) is 40.2 Å². The fourth-order valence-electron chi connectivity index (χ4n) is 3.63. The number of fused-ring (bicyclic) bond motifs is 1. The summed E-state index contributed by atoms with van der Waals surface area (Å²) < 4.78 is 28.0. The van der Waals surface area contributed by atoms with Crippen LogP contribution in [-0.4, -0.2) is 28.0 Å². The van der Waals surface area contributed by atoms with Crippen molar-refractivity contribution in [3.05, 3.63) is 80.3 Å². The lowest BCUT2D eigenvalue weighted by atomic mass is 10.1. The molecule has 0 N–H and O–H groups in total. The van der Waals surface area contributed by atoms with Crippen LogP contribution < -0.4 is 0 Å². The first-order chi connectivity index (χ1) is 14.8. The molecule has 0 aliphatic carbocycles. The fourth-order valence-corrected chi connectivity index (χ4v) is 4.75. The van der Waals surface area contributed by atoms with Gasteiger partial charge in [-0.1, -0.05) is 18.2 Å². The third-order valence-electron chi connectivity index (χ3n) is 5.33. The first-order valence-electron chi connectivity index (χ1n) is 10.1. The number of thiazole rings is 1. The Morgan fingerprint density at radius 3 is 2.68 bits per heavy atom. The summed E-state index contributed by atoms with van der Waals surface area (Å²) in [6, 6.07) is 9.89. The number of aromatic nitrogens is 1. The summed E-state index contributed by atoms with van der Waals surface area (Å²) in [5.41, 5.74) is 4.41. The number of aliphatic imine (C=N–C) groups is 1. The molecule has 3 aromatic rings. The molecule has 4 rings (SSSR count). The van der Waals surface area contributed by atoms with E-state index in [-0.39, 0.29) is 18.0 Å². The number of hydrogen-bond acceptors (Lipinski definition) is 4. The Bertz CT molecular complexity index is 1170. The predicted octanol–water partition coefficient (Wildman–Crippen LogP) is 5.57. The Morgan fingerprint density at radius 1 is 1.19 bits per heavy atom. The van der Waals surface area contributed by atoms with Crippen LogP contribution in [0, 0.1) is 25.5 Å². The molecule has 7 heteroatoms. The van der Waals surface area contributed by atoms with Gasteiger partial charge in [0, 0.05) is 35.5 Å². The molecular formula is C24H23F2N3OS. The van der Waals surface area contributed by atoms with E-state index < -0.39 is 11.6 Å². The topological polar surface area (TPSA) is 45.6 Å². The maximum atomic E-state index is 14.0. The average molecular weight is 440 g/mol. The van der Waals surface area contributed by atoms with E-state index in [4.69, 9.17) is 4.99 Å². The largest absolute Gasteiger partial charge is 0.332 e. The minimum atomic E-state index is -0.643. The van der Waals surface area contributed by atoms with Crippen molar-refractivity contribution in [3.8, 4) is 0 Å². The van der Waals surface area contributed by atoms with Gasteiger partial charge in [0.25, 0.3) is 5.91 Å². The van der Waals surface area contributed by atoms with Crippen LogP contribution in [0.4, 0.5) is 14.5 Å². The van der Waals surface area contributed by atoms with Gasteiger partial charge in [-0.15, -0.1) is 11.3 Å². The third kappa shape index (κ3) is 4.56. The van der Waals surface area contributed by atoms with Crippen LogP contribution in [0.1, 0.15) is 44.0 Å². The SMILES string of the molecule is CC(Cc1nc2c(s1)CCN(Cc1c(F)cccc1F)C2=O)=Nc1cc(C)ccc1C. The van der Waals surface area contributed by atoms with Gasteiger partial charge in [-0.3, -0.25) is 9.79 Å². The van der Waals surface area contributed by atoms with Gasteiger partial charge in [0.2, 0.25) is 0 Å². The number of nitrogens with zero attached hydrogens (tertiary/aromatic N) is 3. The van der Waals surface area contributed by atoms with Crippen molar-refractivity contribution in [2.75, 3.05) is 6.54 Å². The van der Waals surface area contributed by atoms with Crippen molar-refractivity contribution in [1.29, 1.82) is 0 Å². The van der Waals surface area contributed by atoms with Crippen LogP contribution >= 0.6 is 11.3 Å². The van der Waals surface area contributed by atoms with E-state index in [0.29, 0.717) is 25.1 Å². The molecule has 1 aliphatic heterocycles. The minimum Gasteiger partial charge on any atom is -0.332 e. The van der Waals surface area contributed by atoms with E-state index in [9.17, 15) is 13.6 Å². The summed E-state index contributed by atoms with van der Waals surface area (Å²) in [4.78, 5) is 24.6. The highest BCUT2D eigenvalue weighted by Crippen LogP contribution is 2.28. The summed E-state index contributed by atoms with van der Waals surface area (Å²) in [6.45, 7) is 6.33. The number of carbonyl (C=O) groups is 1. The smallest absolute Gasteiger partial charge is 0.273 e. The van der Waals surface area contributed by atoms with Crippen LogP contribution in [0.25, 0.3) is 0 Å². The van der Waals surface area contributed by atoms with E-state index in [0.717, 1.165) is 32.4 Å². The first kappa shape index (κ1) is 21.3. The molecule has 160 valence electrons. The maximum absolute atomic E-state index is 14.0. The molecule has 0 unspecified atom stereocenters. The van der Waals surface area contributed by atoms with Crippen LogP contribution in [0.2, 0.25) is 0 Å². The average Bonchev–Trinajstić information content (AvgIpc) is 3.12. The predicted molar refractivity (Wildman–Crippen MR) is 119 cm³/mol. The monoisotopic (exact) mass is 439 g/mol. The van der Waals surface area contributed by atoms with Crippen LogP contribution in [0.5, 0.6) is 0 Å². The van der Waals surface area contributed by atoms with Gasteiger partial charge in [-0.2, -0.15) is 0 Å². The third-order valence-corrected chi connectivity index (χ3v) is 6.45. The second-order valence-electron chi connectivity index (χ2n) is 7.87. The molecule has 0 bridgehead atoms. The fraction of sp³-hybridized carbons (Fsp3) is 0.292. The van der Waals surface area contributed by atoms with Gasteiger partial charge in [0.05, 0.1) is 17.2 Å². The molecule has 1 aromatic heterocycles. The quantitative estimate of drug-likeness (QED) is 0.488. The Morgan fingerprint density at radius 2 is 1.94 bits per heavy atom. The molecule has 2 aromatic carbocycles. The number of rotatable bonds is 5. The number of amides is 1. The van der Waals surface area contributed by atoms with E-state index in [1.54, 1.807) is 0 Å². The molecule has 31 heavy (non-hydrogen) atoms. The molecule has 1 amide bonds. The number of halogens is 2. The van der Waals surface area contributed by atoms with Crippen molar-refractivity contribution >= 4 is 28.6 Å². The number of benzene rings is 2. The van der Waals surface area contributed by atoms with E-state index >= 15 is 0 Å². The highest BCUT2D eigenvalue weighted by Gasteiger charge is 2.29. The highest BCUT2D eigenvalue weighted by atomic mass is 32.1. The molecule has 0 saturated heterocycles. The molecule has 0 atom stereocenters. The Hall–Kier alpha value is -2.93. The molecule has 0 saturated carbocycles. The van der Waals surface area contributed by atoms with Crippen LogP contribution in [0.3, 0.4) is 0 Å². The highest BCUT2D eigenvalue weighted by molar-refractivity contribution is 7.12. The van der Waals surface area contributed by atoms with Crippen molar-refractivity contribution in [2.24, 2.45) is 4.99 Å². The summed E-state index contributed by atoms with van der Waals surface area (Å²) in [7, 11) is 0. The van der Waals surface area contributed by atoms with Gasteiger partial charge in [0.15, 0.2) is 0 Å². The molecule has 4 nitrogen and oxygen atoms in total. The van der Waals surface area contributed by atoms with Gasteiger partial charge < -0.3 is 4.90 Å². The zero-order chi connectivity index (χ0) is 22.1. The van der Waals surface area contributed by atoms with Crippen molar-refractivity contribution in [1.82, 2.24) is 9.88 Å². The standard InChI is InChI=1S/C24H23F2N3OS/c1-14-7-8-15(2)20(11-14)27-16(3)12-22-28-23-21(31-22)9-10-29(24(23)30)13-17-18(25)5-4-6-19(17)26/h4-8,11H,9-10,12-13H2,1-3H3.